The topological polar surface area (TPSA) is 92.9 Å². The highest BCUT2D eigenvalue weighted by atomic mass is 16.1. The molecule has 0 saturated heterocycles. The van der Waals surface area contributed by atoms with E-state index < -0.39 is 0 Å². The number of aromatic amines is 1. The molecule has 0 aliphatic heterocycles. The molecule has 8 nitrogen and oxygen atoms in total. The van der Waals surface area contributed by atoms with Gasteiger partial charge in [-0.1, -0.05) is 25.5 Å². The van der Waals surface area contributed by atoms with Crippen molar-refractivity contribution in [2.45, 2.75) is 26.3 Å². The third-order valence-corrected chi connectivity index (χ3v) is 4.06. The summed E-state index contributed by atoms with van der Waals surface area (Å²) in [6, 6.07) is 11.5. The SMILES string of the molecule is CCCc1cc(=O)n2nc(NCc3ccc(-n4cccn4)cc3)nc2[nH]1. The van der Waals surface area contributed by atoms with E-state index >= 15 is 0 Å². The summed E-state index contributed by atoms with van der Waals surface area (Å²) in [6.07, 6.45) is 5.42. The average Bonchev–Trinajstić information content (AvgIpc) is 3.31. The van der Waals surface area contributed by atoms with Crippen LogP contribution < -0.4 is 10.9 Å². The summed E-state index contributed by atoms with van der Waals surface area (Å²) in [5.41, 5.74) is 2.78. The maximum Gasteiger partial charge on any atom is 0.275 e. The molecule has 4 aromatic rings. The van der Waals surface area contributed by atoms with Gasteiger partial charge in [0.1, 0.15) is 0 Å². The van der Waals surface area contributed by atoms with Crippen LogP contribution in [0.15, 0.2) is 53.6 Å². The van der Waals surface area contributed by atoms with Crippen LogP contribution >= 0.6 is 0 Å². The molecule has 2 N–H and O–H groups in total. The molecule has 0 amide bonds. The standard InChI is InChI=1S/C18H19N7O/c1-2-4-14-11-16(26)25-18(21-14)22-17(23-25)19-12-13-5-7-15(8-6-13)24-10-3-9-20-24/h3,5-11H,2,4,12H2,1H3,(H2,19,21,22,23). The molecule has 0 aliphatic rings. The van der Waals surface area contributed by atoms with Crippen molar-refractivity contribution in [3.63, 3.8) is 0 Å². The number of aryl methyl sites for hydroxylation is 1. The summed E-state index contributed by atoms with van der Waals surface area (Å²) in [4.78, 5) is 19.6. The molecule has 1 aromatic carbocycles. The van der Waals surface area contributed by atoms with Crippen LogP contribution in [0.2, 0.25) is 0 Å². The predicted octanol–water partition coefficient (Wildman–Crippen LogP) is 2.17. The van der Waals surface area contributed by atoms with Crippen LogP contribution in [0.4, 0.5) is 5.95 Å². The minimum absolute atomic E-state index is 0.175. The molecule has 3 aromatic heterocycles. The second-order valence-electron chi connectivity index (χ2n) is 6.02. The van der Waals surface area contributed by atoms with Gasteiger partial charge in [0.15, 0.2) is 0 Å². The number of rotatable bonds is 6. The number of nitrogens with one attached hydrogen (secondary N) is 2. The van der Waals surface area contributed by atoms with Crippen LogP contribution in [-0.4, -0.2) is 29.4 Å². The Balaban J connectivity index is 1.49. The average molecular weight is 349 g/mol. The number of benzene rings is 1. The molecular formula is C18H19N7O. The van der Waals surface area contributed by atoms with Gasteiger partial charge >= 0.3 is 0 Å². The lowest BCUT2D eigenvalue weighted by Crippen LogP contribution is -2.15. The third-order valence-electron chi connectivity index (χ3n) is 4.06. The zero-order valence-corrected chi connectivity index (χ0v) is 14.4. The van der Waals surface area contributed by atoms with Gasteiger partial charge in [-0.2, -0.15) is 14.6 Å². The van der Waals surface area contributed by atoms with Crippen LogP contribution in [0.5, 0.6) is 0 Å². The highest BCUT2D eigenvalue weighted by molar-refractivity contribution is 5.39. The van der Waals surface area contributed by atoms with E-state index in [9.17, 15) is 4.79 Å². The van der Waals surface area contributed by atoms with Crippen molar-refractivity contribution in [2.75, 3.05) is 5.32 Å². The molecule has 0 atom stereocenters. The maximum atomic E-state index is 12.1. The van der Waals surface area contributed by atoms with Gasteiger partial charge in [0, 0.05) is 30.7 Å². The predicted molar refractivity (Wildman–Crippen MR) is 98.5 cm³/mol. The molecule has 0 radical (unpaired) electrons. The van der Waals surface area contributed by atoms with Crippen LogP contribution in [0.25, 0.3) is 11.5 Å². The minimum Gasteiger partial charge on any atom is -0.349 e. The zero-order valence-electron chi connectivity index (χ0n) is 14.4. The number of H-pyrrole nitrogens is 1. The Kier molecular flexibility index (Phi) is 4.22. The van der Waals surface area contributed by atoms with Crippen molar-refractivity contribution in [2.24, 2.45) is 0 Å². The first-order valence-electron chi connectivity index (χ1n) is 8.55. The van der Waals surface area contributed by atoms with Gasteiger partial charge in [0.25, 0.3) is 5.56 Å². The molecule has 4 rings (SSSR count). The molecule has 3 heterocycles. The van der Waals surface area contributed by atoms with Crippen LogP contribution in [0.3, 0.4) is 0 Å². The summed E-state index contributed by atoms with van der Waals surface area (Å²) in [5, 5.41) is 11.6. The van der Waals surface area contributed by atoms with Gasteiger partial charge in [-0.05, 0) is 30.2 Å². The monoisotopic (exact) mass is 349 g/mol. The van der Waals surface area contributed by atoms with E-state index in [1.54, 1.807) is 16.9 Å². The molecule has 0 aliphatic carbocycles. The molecule has 132 valence electrons. The number of aromatic nitrogens is 6. The van der Waals surface area contributed by atoms with Crippen LogP contribution in [-0.2, 0) is 13.0 Å². The van der Waals surface area contributed by atoms with E-state index in [-0.39, 0.29) is 5.56 Å². The van der Waals surface area contributed by atoms with E-state index in [4.69, 9.17) is 0 Å². The van der Waals surface area contributed by atoms with E-state index in [1.165, 1.54) is 4.52 Å². The van der Waals surface area contributed by atoms with Crippen molar-refractivity contribution in [3.8, 4) is 5.69 Å². The first-order valence-corrected chi connectivity index (χ1v) is 8.55. The highest BCUT2D eigenvalue weighted by Crippen LogP contribution is 2.10. The summed E-state index contributed by atoms with van der Waals surface area (Å²) >= 11 is 0. The Bertz CT molecular complexity index is 1060. The molecule has 8 heteroatoms. The second kappa shape index (κ2) is 6.83. The van der Waals surface area contributed by atoms with E-state index in [0.29, 0.717) is 18.3 Å². The van der Waals surface area contributed by atoms with Gasteiger partial charge in [-0.25, -0.2) is 4.68 Å². The zero-order chi connectivity index (χ0) is 17.9. The number of fused-ring (bicyclic) bond motifs is 1. The van der Waals surface area contributed by atoms with Gasteiger partial charge < -0.3 is 10.3 Å². The van der Waals surface area contributed by atoms with E-state index in [2.05, 4.69) is 32.4 Å². The first-order chi connectivity index (χ1) is 12.7. The van der Waals surface area contributed by atoms with E-state index in [1.807, 2.05) is 36.5 Å². The Labute approximate surface area is 149 Å². The third kappa shape index (κ3) is 3.21. The molecule has 0 saturated carbocycles. The van der Waals surface area contributed by atoms with E-state index in [0.717, 1.165) is 29.8 Å². The molecule has 0 fully saturated rings. The summed E-state index contributed by atoms with van der Waals surface area (Å²) < 4.78 is 3.09. The van der Waals surface area contributed by atoms with Gasteiger partial charge in [-0.15, -0.1) is 5.10 Å². The van der Waals surface area contributed by atoms with Crippen molar-refractivity contribution in [1.82, 2.24) is 29.4 Å². The Morgan fingerprint density at radius 2 is 2.08 bits per heavy atom. The second-order valence-corrected chi connectivity index (χ2v) is 6.02. The molecule has 0 unspecified atom stereocenters. The fraction of sp³-hybridized carbons (Fsp3) is 0.222. The van der Waals surface area contributed by atoms with Crippen molar-refractivity contribution in [3.05, 3.63) is 70.4 Å². The van der Waals surface area contributed by atoms with Gasteiger partial charge in [0.2, 0.25) is 11.7 Å². The van der Waals surface area contributed by atoms with Crippen molar-refractivity contribution >= 4 is 11.7 Å². The molecule has 0 bridgehead atoms. The molecular weight excluding hydrogens is 330 g/mol. The summed E-state index contributed by atoms with van der Waals surface area (Å²) in [6.45, 7) is 2.63. The summed E-state index contributed by atoms with van der Waals surface area (Å²) in [7, 11) is 0. The van der Waals surface area contributed by atoms with Gasteiger partial charge in [-0.3, -0.25) is 4.79 Å². The largest absolute Gasteiger partial charge is 0.349 e. The quantitative estimate of drug-likeness (QED) is 0.556. The molecule has 26 heavy (non-hydrogen) atoms. The van der Waals surface area contributed by atoms with Crippen LogP contribution in [0.1, 0.15) is 24.6 Å². The fourth-order valence-electron chi connectivity index (χ4n) is 2.78. The first kappa shape index (κ1) is 16.1. The lowest BCUT2D eigenvalue weighted by atomic mass is 10.2. The van der Waals surface area contributed by atoms with Crippen molar-refractivity contribution < 1.29 is 0 Å². The minimum atomic E-state index is -0.175. The number of nitrogens with zero attached hydrogens (tertiary/aromatic N) is 5. The lowest BCUT2D eigenvalue weighted by molar-refractivity contribution is 0.837. The smallest absolute Gasteiger partial charge is 0.275 e. The number of hydrogen-bond acceptors (Lipinski definition) is 5. The van der Waals surface area contributed by atoms with Gasteiger partial charge in [0.05, 0.1) is 5.69 Å². The Morgan fingerprint density at radius 1 is 1.23 bits per heavy atom. The Hall–Kier alpha value is -3.42. The fourth-order valence-corrected chi connectivity index (χ4v) is 2.78. The van der Waals surface area contributed by atoms with Crippen molar-refractivity contribution in [1.29, 1.82) is 0 Å². The van der Waals surface area contributed by atoms with Crippen LogP contribution in [0, 0.1) is 0 Å². The normalized spacial score (nSPS) is 11.1. The summed E-state index contributed by atoms with van der Waals surface area (Å²) in [5.74, 6) is 0.876. The Morgan fingerprint density at radius 3 is 2.81 bits per heavy atom. The number of anilines is 1. The maximum absolute atomic E-state index is 12.1. The molecule has 0 spiro atoms. The highest BCUT2D eigenvalue weighted by Gasteiger charge is 2.08. The number of hydrogen-bond donors (Lipinski definition) is 2. The lowest BCUT2D eigenvalue weighted by Gasteiger charge is -2.04.